The highest BCUT2D eigenvalue weighted by atomic mass is 79.9. The van der Waals surface area contributed by atoms with Crippen molar-refractivity contribution in [3.05, 3.63) is 73.2 Å². The van der Waals surface area contributed by atoms with Gasteiger partial charge in [-0.05, 0) is 43.5 Å². The van der Waals surface area contributed by atoms with E-state index >= 15 is 0 Å². The number of hydrogen-bond acceptors (Lipinski definition) is 8. The first-order valence-electron chi connectivity index (χ1n) is 11.7. The van der Waals surface area contributed by atoms with Crippen molar-refractivity contribution in [3.63, 3.8) is 0 Å². The van der Waals surface area contributed by atoms with Gasteiger partial charge in [-0.3, -0.25) is 43.9 Å². The molecule has 0 fully saturated rings. The molecule has 12 heteroatoms. The van der Waals surface area contributed by atoms with E-state index in [4.69, 9.17) is 4.74 Å². The molecule has 0 aliphatic carbocycles. The Hall–Kier alpha value is -3.93. The van der Waals surface area contributed by atoms with Gasteiger partial charge in [0.1, 0.15) is 5.56 Å². The van der Waals surface area contributed by atoms with E-state index in [0.29, 0.717) is 41.3 Å². The third-order valence-electron chi connectivity index (χ3n) is 6.16. The molecule has 0 saturated carbocycles. The Morgan fingerprint density at radius 3 is 2.27 bits per heavy atom. The molecule has 4 rings (SSSR count). The minimum Gasteiger partial charge on any atom is -0.466 e. The molecule has 0 radical (unpaired) electrons. The predicted molar refractivity (Wildman–Crippen MR) is 132 cm³/mol. The van der Waals surface area contributed by atoms with Crippen LogP contribution in [0.5, 0.6) is 0 Å². The smallest absolute Gasteiger partial charge is 0.305 e. The zero-order valence-electron chi connectivity index (χ0n) is 19.6. The Balaban J connectivity index is 1.13. The zero-order chi connectivity index (χ0) is 26.7. The molecule has 0 saturated heterocycles. The molecule has 2 aromatic carbocycles. The topological polar surface area (TPSA) is 144 Å². The second kappa shape index (κ2) is 11.0. The van der Waals surface area contributed by atoms with Gasteiger partial charge in [0, 0.05) is 30.0 Å². The summed E-state index contributed by atoms with van der Waals surface area (Å²) in [5.74, 6) is -2.42. The second-order valence-corrected chi connectivity index (χ2v) is 9.47. The summed E-state index contributed by atoms with van der Waals surface area (Å²) in [6.07, 6.45) is 1.88. The second-order valence-electron chi connectivity index (χ2n) is 8.56. The van der Waals surface area contributed by atoms with E-state index in [1.807, 2.05) is 0 Å². The lowest BCUT2D eigenvalue weighted by Crippen LogP contribution is -2.31. The van der Waals surface area contributed by atoms with Crippen molar-refractivity contribution >= 4 is 51.2 Å². The van der Waals surface area contributed by atoms with Crippen LogP contribution in [0, 0.1) is 10.1 Å². The van der Waals surface area contributed by atoms with Gasteiger partial charge in [0.2, 0.25) is 0 Å². The van der Waals surface area contributed by atoms with Gasteiger partial charge in [-0.25, -0.2) is 0 Å². The lowest BCUT2D eigenvalue weighted by atomic mass is 10.1. The van der Waals surface area contributed by atoms with E-state index in [9.17, 15) is 34.1 Å². The molecule has 0 unspecified atom stereocenters. The molecular weight excluding hydrogens is 550 g/mol. The third-order valence-corrected chi connectivity index (χ3v) is 6.65. The number of carbonyl (C=O) groups is 5. The van der Waals surface area contributed by atoms with Crippen LogP contribution in [0.4, 0.5) is 5.69 Å². The summed E-state index contributed by atoms with van der Waals surface area (Å²) in [5, 5.41) is 11.2. The first kappa shape index (κ1) is 26.1. The van der Waals surface area contributed by atoms with Crippen LogP contribution in [-0.2, 0) is 9.53 Å². The SMILES string of the molecule is O=C(CCCCCN1C(=O)c2cccc([N+](=O)[O-])c2C1=O)OCCCN1C(=O)c2ccc(Br)cc2C1=O. The number of nitro benzene ring substituents is 1. The van der Waals surface area contributed by atoms with Gasteiger partial charge >= 0.3 is 5.97 Å². The third kappa shape index (κ3) is 5.29. The van der Waals surface area contributed by atoms with Crippen LogP contribution >= 0.6 is 15.9 Å². The number of rotatable bonds is 11. The lowest BCUT2D eigenvalue weighted by molar-refractivity contribution is -0.385. The first-order valence-corrected chi connectivity index (χ1v) is 12.4. The molecule has 37 heavy (non-hydrogen) atoms. The molecule has 0 bridgehead atoms. The van der Waals surface area contributed by atoms with Crippen molar-refractivity contribution in [1.29, 1.82) is 0 Å². The number of fused-ring (bicyclic) bond motifs is 2. The van der Waals surface area contributed by atoms with Crippen molar-refractivity contribution < 1.29 is 33.6 Å². The molecule has 2 aliphatic rings. The molecule has 2 heterocycles. The lowest BCUT2D eigenvalue weighted by Gasteiger charge is -2.14. The summed E-state index contributed by atoms with van der Waals surface area (Å²) in [6, 6.07) is 8.85. The number of hydrogen-bond donors (Lipinski definition) is 0. The fourth-order valence-corrected chi connectivity index (χ4v) is 4.69. The number of nitro groups is 1. The highest BCUT2D eigenvalue weighted by molar-refractivity contribution is 9.10. The molecule has 0 atom stereocenters. The Bertz CT molecular complexity index is 1330. The zero-order valence-corrected chi connectivity index (χ0v) is 21.2. The fraction of sp³-hybridized carbons (Fsp3) is 0.320. The highest BCUT2D eigenvalue weighted by Gasteiger charge is 2.40. The van der Waals surface area contributed by atoms with E-state index in [2.05, 4.69) is 15.9 Å². The number of ether oxygens (including phenoxy) is 1. The minimum absolute atomic E-state index is 0.0249. The largest absolute Gasteiger partial charge is 0.466 e. The molecule has 4 amide bonds. The average molecular weight is 572 g/mol. The van der Waals surface area contributed by atoms with Gasteiger partial charge in [-0.1, -0.05) is 28.4 Å². The van der Waals surface area contributed by atoms with Gasteiger partial charge in [0.05, 0.1) is 28.2 Å². The van der Waals surface area contributed by atoms with Crippen LogP contribution in [0.15, 0.2) is 40.9 Å². The highest BCUT2D eigenvalue weighted by Crippen LogP contribution is 2.31. The van der Waals surface area contributed by atoms with Crippen LogP contribution in [0.3, 0.4) is 0 Å². The van der Waals surface area contributed by atoms with E-state index in [1.165, 1.54) is 18.2 Å². The number of esters is 1. The summed E-state index contributed by atoms with van der Waals surface area (Å²) in [7, 11) is 0. The summed E-state index contributed by atoms with van der Waals surface area (Å²) in [6.45, 7) is 0.287. The predicted octanol–water partition coefficient (Wildman–Crippen LogP) is 3.74. The Morgan fingerprint density at radius 1 is 0.838 bits per heavy atom. The minimum atomic E-state index is -0.683. The Kier molecular flexibility index (Phi) is 7.77. The van der Waals surface area contributed by atoms with Crippen LogP contribution in [-0.4, -0.2) is 64.0 Å². The summed E-state index contributed by atoms with van der Waals surface area (Å²) < 4.78 is 5.89. The van der Waals surface area contributed by atoms with Gasteiger partial charge in [0.25, 0.3) is 29.3 Å². The fourth-order valence-electron chi connectivity index (χ4n) is 4.33. The molecule has 192 valence electrons. The monoisotopic (exact) mass is 571 g/mol. The molecule has 2 aromatic rings. The van der Waals surface area contributed by atoms with E-state index in [1.54, 1.807) is 18.2 Å². The molecular formula is C25H22BrN3O8. The summed E-state index contributed by atoms with van der Waals surface area (Å²) >= 11 is 3.28. The van der Waals surface area contributed by atoms with Crippen LogP contribution in [0.2, 0.25) is 0 Å². The van der Waals surface area contributed by atoms with Crippen LogP contribution in [0.25, 0.3) is 0 Å². The van der Waals surface area contributed by atoms with Crippen molar-refractivity contribution in [3.8, 4) is 0 Å². The number of carbonyl (C=O) groups excluding carboxylic acids is 5. The normalized spacial score (nSPS) is 14.3. The summed E-state index contributed by atoms with van der Waals surface area (Å²) in [4.78, 5) is 74.5. The van der Waals surface area contributed by atoms with Gasteiger partial charge < -0.3 is 4.74 Å². The maximum Gasteiger partial charge on any atom is 0.305 e. The number of unbranched alkanes of at least 4 members (excludes halogenated alkanes) is 2. The van der Waals surface area contributed by atoms with Crippen LogP contribution < -0.4 is 0 Å². The molecule has 0 aromatic heterocycles. The quantitative estimate of drug-likeness (QED) is 0.130. The Morgan fingerprint density at radius 2 is 1.51 bits per heavy atom. The standard InChI is InChI=1S/C25H22BrN3O8/c26-15-9-10-16-18(14-15)24(33)27(22(16)31)12-5-13-37-20(30)8-2-1-3-11-28-23(32)17-6-4-7-19(29(35)36)21(17)25(28)34/h4,6-7,9-10,14H,1-3,5,8,11-13H2. The first-order chi connectivity index (χ1) is 17.7. The maximum absolute atomic E-state index is 12.5. The van der Waals surface area contributed by atoms with Gasteiger partial charge in [-0.2, -0.15) is 0 Å². The Labute approximate surface area is 219 Å². The maximum atomic E-state index is 12.5. The van der Waals surface area contributed by atoms with Crippen molar-refractivity contribution in [2.24, 2.45) is 0 Å². The van der Waals surface area contributed by atoms with E-state index < -0.39 is 28.4 Å². The van der Waals surface area contributed by atoms with E-state index in [0.717, 1.165) is 9.80 Å². The molecule has 0 N–H and O–H groups in total. The molecule has 11 nitrogen and oxygen atoms in total. The summed E-state index contributed by atoms with van der Waals surface area (Å²) in [5.41, 5.74) is 0.143. The van der Waals surface area contributed by atoms with Crippen molar-refractivity contribution in [1.82, 2.24) is 9.80 Å². The van der Waals surface area contributed by atoms with Crippen molar-refractivity contribution in [2.45, 2.75) is 32.1 Å². The van der Waals surface area contributed by atoms with E-state index in [-0.39, 0.29) is 49.1 Å². The number of amides is 4. The molecule has 2 aliphatic heterocycles. The average Bonchev–Trinajstić information content (AvgIpc) is 3.25. The molecule has 0 spiro atoms. The van der Waals surface area contributed by atoms with Crippen molar-refractivity contribution in [2.75, 3.05) is 19.7 Å². The number of imide groups is 2. The van der Waals surface area contributed by atoms with Crippen LogP contribution in [0.1, 0.15) is 73.5 Å². The number of nitrogens with zero attached hydrogens (tertiary/aromatic N) is 3. The van der Waals surface area contributed by atoms with Gasteiger partial charge in [-0.15, -0.1) is 0 Å². The van der Waals surface area contributed by atoms with Gasteiger partial charge in [0.15, 0.2) is 0 Å². The number of benzene rings is 2. The number of halogens is 1.